The lowest BCUT2D eigenvalue weighted by Gasteiger charge is -2.18. The van der Waals surface area contributed by atoms with Crippen LogP contribution >= 0.6 is 0 Å². The Morgan fingerprint density at radius 2 is 1.85 bits per heavy atom. The summed E-state index contributed by atoms with van der Waals surface area (Å²) in [5.41, 5.74) is 0.151. The van der Waals surface area contributed by atoms with E-state index in [1.165, 1.54) is 35.7 Å². The lowest BCUT2D eigenvalue weighted by molar-refractivity contribution is 0.00694. The van der Waals surface area contributed by atoms with Crippen molar-refractivity contribution in [3.8, 4) is 17.2 Å². The van der Waals surface area contributed by atoms with Gasteiger partial charge in [-0.15, -0.1) is 0 Å². The van der Waals surface area contributed by atoms with Crippen molar-refractivity contribution in [2.24, 2.45) is 0 Å². The minimum absolute atomic E-state index is 0.0297. The maximum Gasteiger partial charge on any atom is 0.341 e. The smallest absolute Gasteiger partial charge is 0.341 e. The molecule has 9 heteroatoms. The van der Waals surface area contributed by atoms with Crippen LogP contribution < -0.4 is 0 Å². The Bertz CT molecular complexity index is 993. The van der Waals surface area contributed by atoms with Crippen LogP contribution in [0.1, 0.15) is 41.5 Å². The van der Waals surface area contributed by atoms with Gasteiger partial charge in [-0.25, -0.2) is 23.8 Å². The second-order valence-corrected chi connectivity index (χ2v) is 6.66. The molecule has 0 spiro atoms. The van der Waals surface area contributed by atoms with Gasteiger partial charge < -0.3 is 4.74 Å². The highest BCUT2D eigenvalue weighted by Gasteiger charge is 2.19. The van der Waals surface area contributed by atoms with Gasteiger partial charge >= 0.3 is 5.97 Å². The normalized spacial score (nSPS) is 11.3. The Morgan fingerprint density at radius 3 is 2.44 bits per heavy atom. The first kappa shape index (κ1) is 18.3. The van der Waals surface area contributed by atoms with Crippen LogP contribution in [0.15, 0.2) is 37.1 Å². The first-order valence-corrected chi connectivity index (χ1v) is 7.98. The van der Waals surface area contributed by atoms with E-state index in [-0.39, 0.29) is 22.8 Å². The standard InChI is InChI=1S/C18H16FN5O3/c1-18(2,3)27-16(26)13-8-23-24(9-13)17-21-6-12(7-22-17)15-14(19)4-11(10-25)5-20-15/h4-10H,1-3H3. The lowest BCUT2D eigenvalue weighted by Crippen LogP contribution is -2.23. The molecule has 8 nitrogen and oxygen atoms in total. The number of carbonyl (C=O) groups is 2. The molecule has 3 aromatic rings. The average Bonchev–Trinajstić information content (AvgIpc) is 3.11. The van der Waals surface area contributed by atoms with Crippen molar-refractivity contribution in [3.63, 3.8) is 0 Å². The van der Waals surface area contributed by atoms with Crippen LogP contribution in [0.25, 0.3) is 17.2 Å². The highest BCUT2D eigenvalue weighted by molar-refractivity contribution is 5.89. The lowest BCUT2D eigenvalue weighted by atomic mass is 10.2. The van der Waals surface area contributed by atoms with Gasteiger partial charge in [0.2, 0.25) is 5.95 Å². The Labute approximate surface area is 154 Å². The number of esters is 1. The minimum Gasteiger partial charge on any atom is -0.456 e. The number of pyridine rings is 1. The fourth-order valence-electron chi connectivity index (χ4n) is 2.17. The molecule has 0 bridgehead atoms. The quantitative estimate of drug-likeness (QED) is 0.515. The largest absolute Gasteiger partial charge is 0.456 e. The first-order chi connectivity index (χ1) is 12.8. The van der Waals surface area contributed by atoms with Gasteiger partial charge in [-0.05, 0) is 26.8 Å². The summed E-state index contributed by atoms with van der Waals surface area (Å²) in [5.74, 6) is -0.965. The molecule has 3 heterocycles. The van der Waals surface area contributed by atoms with Gasteiger partial charge in [0.25, 0.3) is 0 Å². The number of hydrogen-bond acceptors (Lipinski definition) is 7. The predicted molar refractivity (Wildman–Crippen MR) is 92.9 cm³/mol. The van der Waals surface area contributed by atoms with Crippen LogP contribution in [0.4, 0.5) is 4.39 Å². The van der Waals surface area contributed by atoms with Crippen molar-refractivity contribution >= 4 is 12.3 Å². The number of hydrogen-bond donors (Lipinski definition) is 0. The van der Waals surface area contributed by atoms with E-state index in [1.807, 2.05) is 0 Å². The number of carbonyl (C=O) groups excluding carboxylic acids is 2. The maximum atomic E-state index is 14.0. The fourth-order valence-corrected chi connectivity index (χ4v) is 2.17. The SMILES string of the molecule is CC(C)(C)OC(=O)c1cnn(-c2ncc(-c3ncc(C=O)cc3F)cn2)c1. The zero-order valence-electron chi connectivity index (χ0n) is 14.9. The Balaban J connectivity index is 1.82. The molecule has 0 aliphatic carbocycles. The van der Waals surface area contributed by atoms with Gasteiger partial charge in [0, 0.05) is 35.9 Å². The summed E-state index contributed by atoms with van der Waals surface area (Å²) in [7, 11) is 0. The van der Waals surface area contributed by atoms with E-state index in [0.29, 0.717) is 11.8 Å². The summed E-state index contributed by atoms with van der Waals surface area (Å²) < 4.78 is 20.6. The number of aromatic nitrogens is 5. The highest BCUT2D eigenvalue weighted by atomic mass is 19.1. The molecular weight excluding hydrogens is 353 g/mol. The molecule has 0 fully saturated rings. The molecule has 0 amide bonds. The predicted octanol–water partition coefficient (Wildman–Crippen LogP) is 2.63. The second kappa shape index (κ2) is 7.02. The summed E-state index contributed by atoms with van der Waals surface area (Å²) in [6, 6.07) is 1.09. The fraction of sp³-hybridized carbons (Fsp3) is 0.222. The number of halogens is 1. The van der Waals surface area contributed by atoms with Crippen molar-refractivity contribution in [2.45, 2.75) is 26.4 Å². The Morgan fingerprint density at radius 1 is 1.15 bits per heavy atom. The van der Waals surface area contributed by atoms with Gasteiger partial charge in [0.05, 0.1) is 11.8 Å². The van der Waals surface area contributed by atoms with E-state index >= 15 is 0 Å². The molecule has 0 aliphatic heterocycles. The minimum atomic E-state index is -0.651. The molecular formula is C18H16FN5O3. The summed E-state index contributed by atoms with van der Waals surface area (Å²) in [5, 5.41) is 4.04. The Kier molecular flexibility index (Phi) is 4.76. The molecule has 0 unspecified atom stereocenters. The van der Waals surface area contributed by atoms with Crippen LogP contribution in [0.5, 0.6) is 0 Å². The summed E-state index contributed by atoms with van der Waals surface area (Å²) in [6.45, 7) is 5.31. The number of ether oxygens (including phenoxy) is 1. The van der Waals surface area contributed by atoms with E-state index in [4.69, 9.17) is 4.74 Å². The molecule has 3 rings (SSSR count). The van der Waals surface area contributed by atoms with Gasteiger partial charge in [-0.3, -0.25) is 9.78 Å². The summed E-state index contributed by atoms with van der Waals surface area (Å²) >= 11 is 0. The second-order valence-electron chi connectivity index (χ2n) is 6.66. The first-order valence-electron chi connectivity index (χ1n) is 7.98. The van der Waals surface area contributed by atoms with Crippen LogP contribution in [0.3, 0.4) is 0 Å². The highest BCUT2D eigenvalue weighted by Crippen LogP contribution is 2.20. The van der Waals surface area contributed by atoms with Crippen molar-refractivity contribution in [3.05, 3.63) is 54.0 Å². The number of nitrogens with zero attached hydrogens (tertiary/aromatic N) is 5. The van der Waals surface area contributed by atoms with E-state index < -0.39 is 17.4 Å². The van der Waals surface area contributed by atoms with Gasteiger partial charge in [0.15, 0.2) is 6.29 Å². The monoisotopic (exact) mass is 369 g/mol. The van der Waals surface area contributed by atoms with Crippen LogP contribution in [-0.4, -0.2) is 42.6 Å². The average molecular weight is 369 g/mol. The van der Waals surface area contributed by atoms with Crippen LogP contribution in [0.2, 0.25) is 0 Å². The molecule has 0 aromatic carbocycles. The molecule has 0 saturated heterocycles. The van der Waals surface area contributed by atoms with E-state index in [2.05, 4.69) is 20.1 Å². The molecule has 0 saturated carbocycles. The molecule has 3 aromatic heterocycles. The number of rotatable bonds is 4. The zero-order chi connectivity index (χ0) is 19.6. The third-order valence-electron chi connectivity index (χ3n) is 3.33. The zero-order valence-corrected chi connectivity index (χ0v) is 14.9. The van der Waals surface area contributed by atoms with E-state index in [1.54, 1.807) is 20.8 Å². The maximum absolute atomic E-state index is 14.0. The van der Waals surface area contributed by atoms with Gasteiger partial charge in [0.1, 0.15) is 17.1 Å². The van der Waals surface area contributed by atoms with E-state index in [0.717, 1.165) is 6.07 Å². The third-order valence-corrected chi connectivity index (χ3v) is 3.33. The van der Waals surface area contributed by atoms with Crippen molar-refractivity contribution in [1.29, 1.82) is 0 Å². The van der Waals surface area contributed by atoms with E-state index in [9.17, 15) is 14.0 Å². The number of aldehydes is 1. The molecule has 138 valence electrons. The molecule has 0 radical (unpaired) electrons. The van der Waals surface area contributed by atoms with Crippen molar-refractivity contribution in [2.75, 3.05) is 0 Å². The van der Waals surface area contributed by atoms with Crippen molar-refractivity contribution < 1.29 is 18.7 Å². The molecule has 27 heavy (non-hydrogen) atoms. The van der Waals surface area contributed by atoms with Crippen LogP contribution in [0, 0.1) is 5.82 Å². The van der Waals surface area contributed by atoms with Crippen molar-refractivity contribution in [1.82, 2.24) is 24.7 Å². The molecule has 0 atom stereocenters. The van der Waals surface area contributed by atoms with Gasteiger partial charge in [-0.1, -0.05) is 0 Å². The summed E-state index contributed by atoms with van der Waals surface area (Å²) in [6.07, 6.45) is 7.33. The third kappa shape index (κ3) is 4.20. The topological polar surface area (TPSA) is 99.9 Å². The summed E-state index contributed by atoms with van der Waals surface area (Å²) in [4.78, 5) is 34.9. The van der Waals surface area contributed by atoms with Crippen LogP contribution in [-0.2, 0) is 4.74 Å². The molecule has 0 N–H and O–H groups in total. The van der Waals surface area contributed by atoms with Gasteiger partial charge in [-0.2, -0.15) is 5.10 Å². The molecule has 0 aliphatic rings. The Hall–Kier alpha value is -3.49.